The summed E-state index contributed by atoms with van der Waals surface area (Å²) >= 11 is 0. The number of fused-ring (bicyclic) bond motifs is 4. The Kier molecular flexibility index (Phi) is 6.86. The number of anilines is 1. The molecule has 4 atom stereocenters. The van der Waals surface area contributed by atoms with Gasteiger partial charge in [-0.05, 0) is 86.3 Å². The van der Waals surface area contributed by atoms with Crippen molar-refractivity contribution in [3.05, 3.63) is 60.2 Å². The van der Waals surface area contributed by atoms with Crippen LogP contribution in [-0.2, 0) is 13.1 Å². The first-order valence-corrected chi connectivity index (χ1v) is 17.1. The molecule has 4 aromatic heterocycles. The average Bonchev–Trinajstić information content (AvgIpc) is 3.43. The number of aromatic nitrogens is 6. The molecule has 4 aliphatic rings. The number of carbonyl (C=O) groups excluding carboxylic acids is 1. The molecule has 2 bridgehead atoms. The maximum absolute atomic E-state index is 14.0. The zero-order valence-electron chi connectivity index (χ0n) is 27.0. The molecule has 2 unspecified atom stereocenters. The van der Waals surface area contributed by atoms with Crippen molar-refractivity contribution in [1.82, 2.24) is 34.0 Å². The van der Waals surface area contributed by atoms with E-state index in [1.54, 1.807) is 13.3 Å². The van der Waals surface area contributed by atoms with Crippen LogP contribution in [0.5, 0.6) is 5.75 Å². The molecular formula is C36H38N10O2. The SMILES string of the molecule is COc1cc(C(=O)N2CC3CCC2[C@@H]3N)cc2nc(-c3cc4cccnc4n3CC3CC3)n(C[C@H]3CCN(c4ccnc(C#N)n4)C3)c12. The molecule has 12 nitrogen and oxygen atoms in total. The number of likely N-dealkylation sites (tertiary alicyclic amines) is 1. The fraction of sp³-hybridized carbons (Fsp3) is 0.444. The second-order valence-corrected chi connectivity index (χ2v) is 14.0. The number of nitrogens with zero attached hydrogens (tertiary/aromatic N) is 9. The van der Waals surface area contributed by atoms with E-state index in [-0.39, 0.29) is 29.7 Å². The highest BCUT2D eigenvalue weighted by Crippen LogP contribution is 2.41. The Morgan fingerprint density at radius 2 is 1.88 bits per heavy atom. The Hall–Kier alpha value is -5.02. The van der Waals surface area contributed by atoms with Gasteiger partial charge in [0.1, 0.15) is 28.8 Å². The van der Waals surface area contributed by atoms with E-state index in [1.807, 2.05) is 35.4 Å². The van der Waals surface area contributed by atoms with Crippen LogP contribution in [0, 0.1) is 29.1 Å². The molecule has 0 spiro atoms. The summed E-state index contributed by atoms with van der Waals surface area (Å²) in [6, 6.07) is 14.2. The van der Waals surface area contributed by atoms with Crippen molar-refractivity contribution in [2.75, 3.05) is 31.6 Å². The molecule has 2 saturated heterocycles. The van der Waals surface area contributed by atoms with Crippen molar-refractivity contribution in [3.63, 3.8) is 0 Å². The smallest absolute Gasteiger partial charge is 0.254 e. The van der Waals surface area contributed by atoms with Gasteiger partial charge in [-0.2, -0.15) is 5.26 Å². The van der Waals surface area contributed by atoms with Crippen LogP contribution in [0.2, 0.25) is 0 Å². The molecule has 2 saturated carbocycles. The van der Waals surface area contributed by atoms with Gasteiger partial charge in [-0.15, -0.1) is 0 Å². The maximum Gasteiger partial charge on any atom is 0.254 e. The molecule has 2 N–H and O–H groups in total. The van der Waals surface area contributed by atoms with E-state index in [2.05, 4.69) is 42.2 Å². The van der Waals surface area contributed by atoms with Crippen LogP contribution in [0.3, 0.4) is 0 Å². The number of ether oxygens (including phenoxy) is 1. The minimum Gasteiger partial charge on any atom is -0.494 e. The number of pyridine rings is 1. The second-order valence-electron chi connectivity index (χ2n) is 14.0. The fourth-order valence-electron chi connectivity index (χ4n) is 8.37. The van der Waals surface area contributed by atoms with E-state index in [1.165, 1.54) is 12.8 Å². The normalized spacial score (nSPS) is 23.4. The van der Waals surface area contributed by atoms with Gasteiger partial charge in [0.05, 0.1) is 18.3 Å². The van der Waals surface area contributed by atoms with Gasteiger partial charge in [-0.25, -0.2) is 19.9 Å². The van der Waals surface area contributed by atoms with Crippen molar-refractivity contribution >= 4 is 33.8 Å². The second kappa shape index (κ2) is 11.3. The van der Waals surface area contributed by atoms with Crippen LogP contribution in [0.25, 0.3) is 33.6 Å². The molecule has 48 heavy (non-hydrogen) atoms. The van der Waals surface area contributed by atoms with E-state index < -0.39 is 0 Å². The van der Waals surface area contributed by atoms with E-state index in [0.29, 0.717) is 36.2 Å². The summed E-state index contributed by atoms with van der Waals surface area (Å²) in [6.45, 7) is 3.91. The summed E-state index contributed by atoms with van der Waals surface area (Å²) in [7, 11) is 1.67. The minimum atomic E-state index is -0.00554. The lowest BCUT2D eigenvalue weighted by Gasteiger charge is -2.27. The fourth-order valence-corrected chi connectivity index (χ4v) is 8.37. The molecule has 6 heterocycles. The predicted octanol–water partition coefficient (Wildman–Crippen LogP) is 4.22. The molecule has 0 radical (unpaired) electrons. The minimum absolute atomic E-state index is 0.00554. The van der Waals surface area contributed by atoms with Crippen molar-refractivity contribution in [1.29, 1.82) is 5.26 Å². The van der Waals surface area contributed by atoms with Gasteiger partial charge in [-0.1, -0.05) is 0 Å². The highest BCUT2D eigenvalue weighted by atomic mass is 16.5. The third-order valence-electron chi connectivity index (χ3n) is 11.0. The summed E-state index contributed by atoms with van der Waals surface area (Å²) in [4.78, 5) is 36.8. The van der Waals surface area contributed by atoms with Crippen molar-refractivity contribution in [2.24, 2.45) is 23.5 Å². The molecule has 2 aliphatic heterocycles. The van der Waals surface area contributed by atoms with Crippen LogP contribution in [-0.4, -0.2) is 78.7 Å². The summed E-state index contributed by atoms with van der Waals surface area (Å²) in [5.74, 6) is 3.72. The van der Waals surface area contributed by atoms with Gasteiger partial charge in [0, 0.05) is 68.2 Å². The molecule has 5 aromatic rings. The number of piperidine rings is 1. The number of nitrogens with two attached hydrogens (primary N) is 1. The number of nitriles is 1. The topological polar surface area (TPSA) is 144 Å². The highest BCUT2D eigenvalue weighted by molar-refractivity contribution is 6.00. The van der Waals surface area contributed by atoms with Gasteiger partial charge in [0.2, 0.25) is 5.82 Å². The molecule has 12 heteroatoms. The summed E-state index contributed by atoms with van der Waals surface area (Å²) in [5.41, 5.74) is 10.7. The van der Waals surface area contributed by atoms with Crippen molar-refractivity contribution in [3.8, 4) is 23.3 Å². The lowest BCUT2D eigenvalue weighted by molar-refractivity contribution is 0.0700. The summed E-state index contributed by atoms with van der Waals surface area (Å²) < 4.78 is 10.7. The van der Waals surface area contributed by atoms with Gasteiger partial charge in [0.15, 0.2) is 5.82 Å². The molecule has 4 fully saturated rings. The standard InChI is InChI=1S/C36H38N10O2/c1-48-29-15-25(36(47)45-20-24-6-7-27(45)32(24)38)13-26-33(29)46(19-22-9-12-43(17-22)31-8-11-39-30(16-37)42-31)35(41-26)28-14-23-3-2-10-40-34(23)44(28)18-21-4-5-21/h2-3,8,10-11,13-15,21-22,24,27,32H,4-7,9,12,17-20,38H2,1H3/t22-,24?,27?,32+/m0/s1. The van der Waals surface area contributed by atoms with E-state index in [4.69, 9.17) is 20.4 Å². The monoisotopic (exact) mass is 642 g/mol. The van der Waals surface area contributed by atoms with Crippen LogP contribution in [0.4, 0.5) is 5.82 Å². The van der Waals surface area contributed by atoms with Crippen LogP contribution in [0.1, 0.15) is 48.3 Å². The zero-order chi connectivity index (χ0) is 32.5. The largest absolute Gasteiger partial charge is 0.494 e. The van der Waals surface area contributed by atoms with Crippen LogP contribution in [0.15, 0.2) is 48.8 Å². The number of amides is 1. The van der Waals surface area contributed by atoms with Crippen molar-refractivity contribution < 1.29 is 9.53 Å². The molecular weight excluding hydrogens is 604 g/mol. The number of imidazole rings is 1. The maximum atomic E-state index is 14.0. The number of hydrogen-bond acceptors (Lipinski definition) is 9. The number of methoxy groups -OCH3 is 1. The average molecular weight is 643 g/mol. The Morgan fingerprint density at radius 3 is 2.65 bits per heavy atom. The number of carbonyl (C=O) groups is 1. The quantitative estimate of drug-likeness (QED) is 0.263. The lowest BCUT2D eigenvalue weighted by atomic mass is 10.1. The van der Waals surface area contributed by atoms with E-state index >= 15 is 0 Å². The van der Waals surface area contributed by atoms with Gasteiger partial charge >= 0.3 is 0 Å². The Balaban J connectivity index is 1.15. The van der Waals surface area contributed by atoms with Gasteiger partial charge < -0.3 is 29.4 Å². The zero-order valence-corrected chi connectivity index (χ0v) is 27.0. The highest BCUT2D eigenvalue weighted by Gasteiger charge is 2.47. The van der Waals surface area contributed by atoms with Crippen LogP contribution < -0.4 is 15.4 Å². The molecule has 9 rings (SSSR count). The van der Waals surface area contributed by atoms with E-state index in [9.17, 15) is 10.1 Å². The molecule has 1 aromatic carbocycles. The first-order chi connectivity index (χ1) is 23.5. The molecule has 1 amide bonds. The first kappa shape index (κ1) is 29.1. The van der Waals surface area contributed by atoms with Gasteiger partial charge in [0.25, 0.3) is 5.91 Å². The molecule has 244 valence electrons. The first-order valence-electron chi connectivity index (χ1n) is 17.1. The number of benzene rings is 1. The Morgan fingerprint density at radius 1 is 1.00 bits per heavy atom. The summed E-state index contributed by atoms with van der Waals surface area (Å²) in [6.07, 6.45) is 8.94. The summed E-state index contributed by atoms with van der Waals surface area (Å²) in [5, 5.41) is 10.4. The Labute approximate surface area is 278 Å². The predicted molar refractivity (Wildman–Crippen MR) is 180 cm³/mol. The third-order valence-corrected chi connectivity index (χ3v) is 11.0. The number of rotatable bonds is 8. The lowest BCUT2D eigenvalue weighted by Crippen LogP contribution is -2.41. The van der Waals surface area contributed by atoms with Crippen molar-refractivity contribution in [2.45, 2.75) is 57.3 Å². The molecule has 2 aliphatic carbocycles. The third kappa shape index (κ3) is 4.79. The number of hydrogen-bond donors (Lipinski definition) is 1. The Bertz CT molecular complexity index is 2110. The van der Waals surface area contributed by atoms with E-state index in [0.717, 1.165) is 78.3 Å². The van der Waals surface area contributed by atoms with Gasteiger partial charge in [-0.3, -0.25) is 4.79 Å². The van der Waals surface area contributed by atoms with Crippen LogP contribution >= 0.6 is 0 Å².